The largest absolute Gasteiger partial charge is 0.207 e. The summed E-state index contributed by atoms with van der Waals surface area (Å²) in [6.07, 6.45) is 1.81. The van der Waals surface area contributed by atoms with Crippen molar-refractivity contribution in [2.75, 3.05) is 0 Å². The predicted octanol–water partition coefficient (Wildman–Crippen LogP) is 3.35. The summed E-state index contributed by atoms with van der Waals surface area (Å²) < 4.78 is 27.0. The second kappa shape index (κ2) is 3.62. The first-order valence-corrected chi connectivity index (χ1v) is 5.06. The molecule has 3 heteroatoms. The third-order valence-electron chi connectivity index (χ3n) is 3.03. The Morgan fingerprint density at radius 3 is 2.40 bits per heavy atom. The van der Waals surface area contributed by atoms with Crippen LogP contribution in [0.25, 0.3) is 0 Å². The van der Waals surface area contributed by atoms with Gasteiger partial charge < -0.3 is 0 Å². The zero-order valence-electron chi connectivity index (χ0n) is 8.43. The highest BCUT2D eigenvalue weighted by molar-refractivity contribution is 5.37. The summed E-state index contributed by atoms with van der Waals surface area (Å²) >= 11 is 0. The minimum absolute atomic E-state index is 0.0164. The Morgan fingerprint density at radius 1 is 1.40 bits per heavy atom. The molecule has 0 radical (unpaired) electrons. The van der Waals surface area contributed by atoms with Gasteiger partial charge in [-0.25, -0.2) is 8.78 Å². The SMILES string of the molecule is CC[C@H]1C[C@@H]1c1c(F)cc(C#N)cc1F. The summed E-state index contributed by atoms with van der Waals surface area (Å²) in [5.41, 5.74) is 0.211. The van der Waals surface area contributed by atoms with E-state index in [1.807, 2.05) is 6.92 Å². The Morgan fingerprint density at radius 2 is 2.00 bits per heavy atom. The molecule has 0 saturated heterocycles. The van der Waals surface area contributed by atoms with Gasteiger partial charge in [0, 0.05) is 5.56 Å². The lowest BCUT2D eigenvalue weighted by molar-refractivity contribution is 0.549. The van der Waals surface area contributed by atoms with E-state index in [2.05, 4.69) is 0 Å². The van der Waals surface area contributed by atoms with Crippen molar-refractivity contribution < 1.29 is 8.78 Å². The second-order valence-corrected chi connectivity index (χ2v) is 3.98. The van der Waals surface area contributed by atoms with Crippen molar-refractivity contribution >= 4 is 0 Å². The molecule has 0 unspecified atom stereocenters. The van der Waals surface area contributed by atoms with Gasteiger partial charge in [-0.1, -0.05) is 13.3 Å². The van der Waals surface area contributed by atoms with Gasteiger partial charge in [-0.15, -0.1) is 0 Å². The summed E-state index contributed by atoms with van der Waals surface area (Å²) in [4.78, 5) is 0. The molecule has 2 atom stereocenters. The fourth-order valence-electron chi connectivity index (χ4n) is 2.06. The molecule has 1 aliphatic carbocycles. The Kier molecular flexibility index (Phi) is 2.44. The van der Waals surface area contributed by atoms with Gasteiger partial charge in [-0.05, 0) is 30.4 Å². The summed E-state index contributed by atoms with van der Waals surface area (Å²) in [5.74, 6) is -0.732. The number of hydrogen-bond acceptors (Lipinski definition) is 1. The normalized spacial score (nSPS) is 23.6. The quantitative estimate of drug-likeness (QED) is 0.729. The van der Waals surface area contributed by atoms with Gasteiger partial charge in [-0.3, -0.25) is 0 Å². The van der Waals surface area contributed by atoms with Crippen molar-refractivity contribution in [2.45, 2.75) is 25.7 Å². The van der Waals surface area contributed by atoms with E-state index in [1.165, 1.54) is 0 Å². The third-order valence-corrected chi connectivity index (χ3v) is 3.03. The lowest BCUT2D eigenvalue weighted by atomic mass is 10.0. The molecule has 1 fully saturated rings. The van der Waals surface area contributed by atoms with Crippen molar-refractivity contribution in [2.24, 2.45) is 5.92 Å². The molecule has 0 spiro atoms. The summed E-state index contributed by atoms with van der Waals surface area (Å²) in [7, 11) is 0. The first kappa shape index (κ1) is 10.1. The first-order valence-electron chi connectivity index (χ1n) is 5.06. The van der Waals surface area contributed by atoms with Crippen LogP contribution in [-0.4, -0.2) is 0 Å². The van der Waals surface area contributed by atoms with Crippen molar-refractivity contribution in [1.29, 1.82) is 5.26 Å². The number of nitrogens with zero attached hydrogens (tertiary/aromatic N) is 1. The number of halogens is 2. The van der Waals surface area contributed by atoms with Crippen molar-refractivity contribution in [3.8, 4) is 6.07 Å². The average Bonchev–Trinajstić information content (AvgIpc) is 2.96. The molecule has 78 valence electrons. The number of nitriles is 1. The Bertz CT molecular complexity index is 411. The Balaban J connectivity index is 2.37. The van der Waals surface area contributed by atoms with E-state index < -0.39 is 11.6 Å². The van der Waals surface area contributed by atoms with Crippen LogP contribution in [0.4, 0.5) is 8.78 Å². The standard InChI is InChI=1S/C12H11F2N/c1-2-8-5-9(8)12-10(13)3-7(6-15)4-11(12)14/h3-4,8-9H,2,5H2,1H3/t8-,9-/m0/s1. The number of rotatable bonds is 2. The van der Waals surface area contributed by atoms with Crippen LogP contribution in [-0.2, 0) is 0 Å². The zero-order chi connectivity index (χ0) is 11.0. The van der Waals surface area contributed by atoms with Gasteiger partial charge in [0.1, 0.15) is 11.6 Å². The third kappa shape index (κ3) is 1.72. The highest BCUT2D eigenvalue weighted by Crippen LogP contribution is 2.50. The summed E-state index contributed by atoms with van der Waals surface area (Å²) in [6.45, 7) is 2.02. The number of benzene rings is 1. The molecule has 1 aromatic carbocycles. The van der Waals surface area contributed by atoms with Gasteiger partial charge in [0.15, 0.2) is 0 Å². The maximum absolute atomic E-state index is 13.5. The maximum atomic E-state index is 13.5. The molecule has 0 aromatic heterocycles. The maximum Gasteiger partial charge on any atom is 0.130 e. The van der Waals surface area contributed by atoms with E-state index in [4.69, 9.17) is 5.26 Å². The summed E-state index contributed by atoms with van der Waals surface area (Å²) in [6, 6.07) is 3.97. The molecule has 1 aliphatic rings. The molecule has 1 nitrogen and oxygen atoms in total. The molecule has 1 saturated carbocycles. The topological polar surface area (TPSA) is 23.8 Å². The fraction of sp³-hybridized carbons (Fsp3) is 0.417. The van der Waals surface area contributed by atoms with Gasteiger partial charge >= 0.3 is 0 Å². The molecule has 0 N–H and O–H groups in total. The van der Waals surface area contributed by atoms with Gasteiger partial charge in [0.25, 0.3) is 0 Å². The van der Waals surface area contributed by atoms with Crippen molar-refractivity contribution in [1.82, 2.24) is 0 Å². The van der Waals surface area contributed by atoms with E-state index in [9.17, 15) is 8.78 Å². The lowest BCUT2D eigenvalue weighted by Crippen LogP contribution is -1.96. The van der Waals surface area contributed by atoms with Crippen molar-refractivity contribution in [3.63, 3.8) is 0 Å². The van der Waals surface area contributed by atoms with Crippen molar-refractivity contribution in [3.05, 3.63) is 34.9 Å². The lowest BCUT2D eigenvalue weighted by Gasteiger charge is -2.04. The van der Waals surface area contributed by atoms with E-state index in [0.29, 0.717) is 5.92 Å². The molecular formula is C12H11F2N. The van der Waals surface area contributed by atoms with Gasteiger partial charge in [0.05, 0.1) is 11.6 Å². The highest BCUT2D eigenvalue weighted by Gasteiger charge is 2.40. The van der Waals surface area contributed by atoms with Crippen LogP contribution in [0.5, 0.6) is 0 Å². The second-order valence-electron chi connectivity index (χ2n) is 3.98. The minimum Gasteiger partial charge on any atom is -0.207 e. The van der Waals surface area contributed by atoms with Crippen LogP contribution in [0.15, 0.2) is 12.1 Å². The number of hydrogen-bond donors (Lipinski definition) is 0. The Labute approximate surface area is 87.3 Å². The van der Waals surface area contributed by atoms with Crippen LogP contribution < -0.4 is 0 Å². The smallest absolute Gasteiger partial charge is 0.130 e. The molecular weight excluding hydrogens is 196 g/mol. The van der Waals surface area contributed by atoms with Gasteiger partial charge in [-0.2, -0.15) is 5.26 Å². The zero-order valence-corrected chi connectivity index (χ0v) is 8.43. The molecule has 0 amide bonds. The minimum atomic E-state index is -0.576. The monoisotopic (exact) mass is 207 g/mol. The van der Waals surface area contributed by atoms with Crippen LogP contribution >= 0.6 is 0 Å². The van der Waals surface area contributed by atoms with E-state index in [0.717, 1.165) is 25.0 Å². The predicted molar refractivity (Wildman–Crippen MR) is 52.2 cm³/mol. The van der Waals surface area contributed by atoms with E-state index in [1.54, 1.807) is 6.07 Å². The van der Waals surface area contributed by atoms with Gasteiger partial charge in [0.2, 0.25) is 0 Å². The van der Waals surface area contributed by atoms with E-state index in [-0.39, 0.29) is 17.0 Å². The van der Waals surface area contributed by atoms with Crippen LogP contribution in [0.1, 0.15) is 36.8 Å². The molecule has 0 heterocycles. The van der Waals surface area contributed by atoms with Crippen LogP contribution in [0, 0.1) is 28.9 Å². The summed E-state index contributed by atoms with van der Waals surface area (Å²) in [5, 5.41) is 8.55. The van der Waals surface area contributed by atoms with Crippen LogP contribution in [0.3, 0.4) is 0 Å². The molecule has 15 heavy (non-hydrogen) atoms. The highest BCUT2D eigenvalue weighted by atomic mass is 19.1. The average molecular weight is 207 g/mol. The fourth-order valence-corrected chi connectivity index (χ4v) is 2.06. The molecule has 2 rings (SSSR count). The molecule has 0 bridgehead atoms. The molecule has 1 aromatic rings. The first-order chi connectivity index (χ1) is 7.17. The van der Waals surface area contributed by atoms with Crippen LogP contribution in [0.2, 0.25) is 0 Å². The van der Waals surface area contributed by atoms with E-state index >= 15 is 0 Å². The molecule has 0 aliphatic heterocycles. The Hall–Kier alpha value is -1.43.